The number of ether oxygens (including phenoxy) is 1. The van der Waals surface area contributed by atoms with Gasteiger partial charge in [-0.25, -0.2) is 12.8 Å². The molecule has 0 unspecified atom stereocenters. The average Bonchev–Trinajstić information content (AvgIpc) is 2.73. The summed E-state index contributed by atoms with van der Waals surface area (Å²) in [6, 6.07) is 19.6. The largest absolute Gasteiger partial charge is 0.497 e. The maximum absolute atomic E-state index is 14.4. The molecule has 0 aliphatic carbocycles. The van der Waals surface area contributed by atoms with E-state index >= 15 is 0 Å². The molecular formula is C21H19FN2O4S. The molecule has 1 N–H and O–H groups in total. The molecule has 3 rings (SSSR count). The minimum Gasteiger partial charge on any atom is -0.497 e. The summed E-state index contributed by atoms with van der Waals surface area (Å²) in [5, 5.41) is 2.61. The monoisotopic (exact) mass is 414 g/mol. The number of halogens is 1. The van der Waals surface area contributed by atoms with Crippen LogP contribution in [0.25, 0.3) is 0 Å². The van der Waals surface area contributed by atoms with Crippen LogP contribution in [0.4, 0.5) is 15.8 Å². The van der Waals surface area contributed by atoms with E-state index < -0.39 is 28.3 Å². The van der Waals surface area contributed by atoms with Crippen LogP contribution in [0.1, 0.15) is 0 Å². The van der Waals surface area contributed by atoms with Gasteiger partial charge in [-0.2, -0.15) is 0 Å². The van der Waals surface area contributed by atoms with Gasteiger partial charge in [0.05, 0.1) is 17.7 Å². The van der Waals surface area contributed by atoms with Crippen molar-refractivity contribution in [3.05, 3.63) is 84.7 Å². The molecule has 0 aliphatic rings. The van der Waals surface area contributed by atoms with Crippen LogP contribution >= 0.6 is 0 Å². The Morgan fingerprint density at radius 1 is 1.00 bits per heavy atom. The highest BCUT2D eigenvalue weighted by Gasteiger charge is 2.29. The molecule has 0 saturated heterocycles. The first-order valence-electron chi connectivity index (χ1n) is 8.68. The first-order valence-corrected chi connectivity index (χ1v) is 10.1. The lowest BCUT2D eigenvalue weighted by molar-refractivity contribution is -0.114. The molecule has 0 bridgehead atoms. The summed E-state index contributed by atoms with van der Waals surface area (Å²) < 4.78 is 46.5. The number of amides is 1. The highest BCUT2D eigenvalue weighted by molar-refractivity contribution is 7.92. The molecule has 6 nitrogen and oxygen atoms in total. The molecule has 0 aliphatic heterocycles. The quantitative estimate of drug-likeness (QED) is 0.640. The number of sulfonamides is 1. The second-order valence-electron chi connectivity index (χ2n) is 6.06. The Balaban J connectivity index is 1.94. The number of rotatable bonds is 7. The van der Waals surface area contributed by atoms with Gasteiger partial charge in [0.2, 0.25) is 5.91 Å². The lowest BCUT2D eigenvalue weighted by Gasteiger charge is -2.24. The third-order valence-electron chi connectivity index (χ3n) is 4.09. The van der Waals surface area contributed by atoms with Crippen molar-refractivity contribution in [3.8, 4) is 5.75 Å². The van der Waals surface area contributed by atoms with Gasteiger partial charge in [0, 0.05) is 11.8 Å². The smallest absolute Gasteiger partial charge is 0.264 e. The number of nitrogens with zero attached hydrogens (tertiary/aromatic N) is 1. The van der Waals surface area contributed by atoms with Crippen LogP contribution in [-0.4, -0.2) is 28.0 Å². The number of carbonyl (C=O) groups is 1. The zero-order valence-electron chi connectivity index (χ0n) is 15.6. The second kappa shape index (κ2) is 8.74. The van der Waals surface area contributed by atoms with Crippen molar-refractivity contribution in [2.45, 2.75) is 4.90 Å². The maximum atomic E-state index is 14.4. The molecule has 0 fully saturated rings. The molecule has 29 heavy (non-hydrogen) atoms. The SMILES string of the molecule is COc1cccc(NC(=O)CN(c2ccccc2F)S(=O)(=O)c2ccccc2)c1. The van der Waals surface area contributed by atoms with Crippen molar-refractivity contribution < 1.29 is 22.3 Å². The minimum absolute atomic E-state index is 0.0440. The summed E-state index contributed by atoms with van der Waals surface area (Å²) in [7, 11) is -2.68. The van der Waals surface area contributed by atoms with Crippen molar-refractivity contribution in [1.82, 2.24) is 0 Å². The molecule has 0 radical (unpaired) electrons. The van der Waals surface area contributed by atoms with Crippen LogP contribution < -0.4 is 14.4 Å². The van der Waals surface area contributed by atoms with Crippen LogP contribution in [0, 0.1) is 5.82 Å². The van der Waals surface area contributed by atoms with Crippen LogP contribution in [0.2, 0.25) is 0 Å². The number of methoxy groups -OCH3 is 1. The van der Waals surface area contributed by atoms with Gasteiger partial charge in [0.1, 0.15) is 18.1 Å². The van der Waals surface area contributed by atoms with E-state index in [1.54, 1.807) is 42.5 Å². The van der Waals surface area contributed by atoms with E-state index in [-0.39, 0.29) is 10.6 Å². The van der Waals surface area contributed by atoms with Crippen molar-refractivity contribution in [3.63, 3.8) is 0 Å². The molecule has 150 valence electrons. The summed E-state index contributed by atoms with van der Waals surface area (Å²) in [5.74, 6) is -0.840. The van der Waals surface area contributed by atoms with Gasteiger partial charge in [0.15, 0.2) is 0 Å². The summed E-state index contributed by atoms with van der Waals surface area (Å²) in [5.41, 5.74) is 0.220. The molecule has 0 atom stereocenters. The lowest BCUT2D eigenvalue weighted by atomic mass is 10.3. The number of benzene rings is 3. The summed E-state index contributed by atoms with van der Waals surface area (Å²) in [4.78, 5) is 12.6. The highest BCUT2D eigenvalue weighted by Crippen LogP contribution is 2.26. The Morgan fingerprint density at radius 2 is 1.69 bits per heavy atom. The van der Waals surface area contributed by atoms with E-state index in [4.69, 9.17) is 4.74 Å². The number of para-hydroxylation sites is 1. The van der Waals surface area contributed by atoms with E-state index in [0.717, 1.165) is 10.4 Å². The number of hydrogen-bond donors (Lipinski definition) is 1. The fraction of sp³-hybridized carbons (Fsp3) is 0.0952. The van der Waals surface area contributed by atoms with Gasteiger partial charge < -0.3 is 10.1 Å². The molecule has 0 heterocycles. The maximum Gasteiger partial charge on any atom is 0.264 e. The van der Waals surface area contributed by atoms with Gasteiger partial charge in [-0.3, -0.25) is 9.10 Å². The molecular weight excluding hydrogens is 395 g/mol. The van der Waals surface area contributed by atoms with Gasteiger partial charge in [-0.15, -0.1) is 0 Å². The second-order valence-corrected chi connectivity index (χ2v) is 7.92. The zero-order chi connectivity index (χ0) is 20.9. The molecule has 8 heteroatoms. The molecule has 0 aromatic heterocycles. The number of hydrogen-bond acceptors (Lipinski definition) is 4. The lowest BCUT2D eigenvalue weighted by Crippen LogP contribution is -2.38. The first-order chi connectivity index (χ1) is 13.9. The Morgan fingerprint density at radius 3 is 2.38 bits per heavy atom. The Kier molecular flexibility index (Phi) is 6.13. The van der Waals surface area contributed by atoms with E-state index in [0.29, 0.717) is 11.4 Å². The van der Waals surface area contributed by atoms with Gasteiger partial charge in [-0.1, -0.05) is 36.4 Å². The average molecular weight is 414 g/mol. The summed E-state index contributed by atoms with van der Waals surface area (Å²) in [6.45, 7) is -0.602. The van der Waals surface area contributed by atoms with E-state index in [1.807, 2.05) is 0 Å². The van der Waals surface area contributed by atoms with Crippen molar-refractivity contribution in [1.29, 1.82) is 0 Å². The van der Waals surface area contributed by atoms with E-state index in [1.165, 1.54) is 37.4 Å². The van der Waals surface area contributed by atoms with Crippen molar-refractivity contribution >= 4 is 27.3 Å². The summed E-state index contributed by atoms with van der Waals surface area (Å²) >= 11 is 0. The predicted octanol–water partition coefficient (Wildman–Crippen LogP) is 3.67. The Hall–Kier alpha value is -3.39. The topological polar surface area (TPSA) is 75.7 Å². The van der Waals surface area contributed by atoms with Crippen LogP contribution in [0.3, 0.4) is 0 Å². The van der Waals surface area contributed by atoms with Gasteiger partial charge >= 0.3 is 0 Å². The molecule has 3 aromatic rings. The predicted molar refractivity (Wildman–Crippen MR) is 109 cm³/mol. The molecule has 1 amide bonds. The third kappa shape index (κ3) is 4.72. The summed E-state index contributed by atoms with van der Waals surface area (Å²) in [6.07, 6.45) is 0. The molecule has 0 saturated carbocycles. The normalized spacial score (nSPS) is 11.0. The number of nitrogens with one attached hydrogen (secondary N) is 1. The van der Waals surface area contributed by atoms with E-state index in [9.17, 15) is 17.6 Å². The number of carbonyl (C=O) groups excluding carboxylic acids is 1. The highest BCUT2D eigenvalue weighted by atomic mass is 32.2. The Labute approximate surface area is 168 Å². The standard InChI is InChI=1S/C21H19FN2O4S/c1-28-17-9-7-8-16(14-17)23-21(25)15-24(20-13-6-5-12-19(20)22)29(26,27)18-10-3-2-4-11-18/h2-14H,15H2,1H3,(H,23,25). The third-order valence-corrected chi connectivity index (χ3v) is 5.87. The number of anilines is 2. The fourth-order valence-electron chi connectivity index (χ4n) is 2.71. The van der Waals surface area contributed by atoms with Crippen LogP contribution in [0.5, 0.6) is 5.75 Å². The van der Waals surface area contributed by atoms with Crippen LogP contribution in [-0.2, 0) is 14.8 Å². The van der Waals surface area contributed by atoms with Crippen LogP contribution in [0.15, 0.2) is 83.8 Å². The van der Waals surface area contributed by atoms with Gasteiger partial charge in [0.25, 0.3) is 10.0 Å². The zero-order valence-corrected chi connectivity index (χ0v) is 16.4. The minimum atomic E-state index is -4.17. The fourth-order valence-corrected chi connectivity index (χ4v) is 4.15. The van der Waals surface area contributed by atoms with Gasteiger partial charge in [-0.05, 0) is 36.4 Å². The van der Waals surface area contributed by atoms with E-state index in [2.05, 4.69) is 5.32 Å². The molecule has 0 spiro atoms. The van der Waals surface area contributed by atoms with Crippen molar-refractivity contribution in [2.75, 3.05) is 23.3 Å². The molecule has 3 aromatic carbocycles. The van der Waals surface area contributed by atoms with Crippen molar-refractivity contribution in [2.24, 2.45) is 0 Å². The first kappa shape index (κ1) is 20.3. The Bertz CT molecular complexity index is 1100.